The molecule has 1 saturated heterocycles. The number of piperidine rings is 1. The van der Waals surface area contributed by atoms with Gasteiger partial charge in [0.1, 0.15) is 11.6 Å². The predicted octanol–water partition coefficient (Wildman–Crippen LogP) is 5.10. The van der Waals surface area contributed by atoms with Gasteiger partial charge in [-0.25, -0.2) is 9.97 Å². The lowest BCUT2D eigenvalue weighted by Crippen LogP contribution is -2.54. The molecule has 2 aliphatic rings. The molecule has 6 nitrogen and oxygen atoms in total. The van der Waals surface area contributed by atoms with Crippen LogP contribution in [0.3, 0.4) is 0 Å². The Morgan fingerprint density at radius 3 is 2.79 bits per heavy atom. The maximum Gasteiger partial charge on any atom is 0.226 e. The van der Waals surface area contributed by atoms with Crippen molar-refractivity contribution in [1.29, 1.82) is 0 Å². The standard InChI is InChI=1S/C27H37N5O/c1-19-9-7-13-28-25(19)30-23-12-6-11-22(29-23)21-10-8-14-32(18-21)24(33)15-20-16-26(2,3)31-27(4,5)17-20/h6-7,9,11-13,16,21,31H,8,10,14-15,17-18H2,1-5H3,(H,28,29,30)/t21-/m1/s1. The van der Waals surface area contributed by atoms with E-state index in [2.05, 4.69) is 55.5 Å². The van der Waals surface area contributed by atoms with Gasteiger partial charge in [0.2, 0.25) is 5.91 Å². The third kappa shape index (κ3) is 5.99. The molecule has 0 aromatic carbocycles. The number of anilines is 2. The van der Waals surface area contributed by atoms with Crippen molar-refractivity contribution >= 4 is 17.5 Å². The van der Waals surface area contributed by atoms with Crippen molar-refractivity contribution in [3.05, 3.63) is 59.4 Å². The van der Waals surface area contributed by atoms with Gasteiger partial charge in [-0.1, -0.05) is 23.8 Å². The number of nitrogens with zero attached hydrogens (tertiary/aromatic N) is 3. The number of nitrogens with one attached hydrogen (secondary N) is 2. The topological polar surface area (TPSA) is 70.2 Å². The van der Waals surface area contributed by atoms with Crippen LogP contribution in [0.5, 0.6) is 0 Å². The highest BCUT2D eigenvalue weighted by Crippen LogP contribution is 2.32. The zero-order chi connectivity index (χ0) is 23.6. The van der Waals surface area contributed by atoms with Crippen molar-refractivity contribution in [3.8, 4) is 0 Å². The number of aromatic nitrogens is 2. The zero-order valence-electron chi connectivity index (χ0n) is 20.6. The minimum absolute atomic E-state index is 0.00161. The number of carbonyl (C=O) groups is 1. The Labute approximate surface area is 197 Å². The van der Waals surface area contributed by atoms with Gasteiger partial charge >= 0.3 is 0 Å². The summed E-state index contributed by atoms with van der Waals surface area (Å²) in [6, 6.07) is 10.0. The first kappa shape index (κ1) is 23.4. The molecular formula is C27H37N5O. The lowest BCUT2D eigenvalue weighted by molar-refractivity contribution is -0.131. The molecule has 1 fully saturated rings. The number of aryl methyl sites for hydroxylation is 1. The largest absolute Gasteiger partial charge is 0.342 e. The zero-order valence-corrected chi connectivity index (χ0v) is 20.6. The van der Waals surface area contributed by atoms with E-state index in [0.717, 1.165) is 55.2 Å². The van der Waals surface area contributed by atoms with Crippen molar-refractivity contribution in [2.24, 2.45) is 0 Å². The lowest BCUT2D eigenvalue weighted by atomic mass is 9.82. The minimum Gasteiger partial charge on any atom is -0.342 e. The van der Waals surface area contributed by atoms with E-state index in [-0.39, 0.29) is 22.9 Å². The van der Waals surface area contributed by atoms with Crippen LogP contribution in [0.25, 0.3) is 0 Å². The van der Waals surface area contributed by atoms with Crippen molar-refractivity contribution in [2.75, 3.05) is 18.4 Å². The molecule has 2 N–H and O–H groups in total. The molecule has 0 aliphatic carbocycles. The molecule has 0 spiro atoms. The molecule has 176 valence electrons. The number of pyridine rings is 2. The summed E-state index contributed by atoms with van der Waals surface area (Å²) in [5, 5.41) is 6.99. The number of amides is 1. The number of carbonyl (C=O) groups excluding carboxylic acids is 1. The average molecular weight is 448 g/mol. The van der Waals surface area contributed by atoms with Crippen LogP contribution >= 0.6 is 0 Å². The highest BCUT2D eigenvalue weighted by atomic mass is 16.2. The molecule has 6 heteroatoms. The van der Waals surface area contributed by atoms with E-state index >= 15 is 0 Å². The fourth-order valence-electron chi connectivity index (χ4n) is 5.43. The van der Waals surface area contributed by atoms with Crippen molar-refractivity contribution in [1.82, 2.24) is 20.2 Å². The van der Waals surface area contributed by atoms with Gasteiger partial charge in [-0.15, -0.1) is 0 Å². The minimum atomic E-state index is -0.0921. The molecule has 1 atom stereocenters. The van der Waals surface area contributed by atoms with Gasteiger partial charge in [-0.05, 0) is 77.6 Å². The summed E-state index contributed by atoms with van der Waals surface area (Å²) in [4.78, 5) is 24.6. The SMILES string of the molecule is Cc1cccnc1Nc1cccc([C@@H]2CCCN(C(=O)CC3=CC(C)(C)NC(C)(C)C3)C2)n1. The summed E-state index contributed by atoms with van der Waals surface area (Å²) in [6.45, 7) is 12.4. The summed E-state index contributed by atoms with van der Waals surface area (Å²) < 4.78 is 0. The summed E-state index contributed by atoms with van der Waals surface area (Å²) >= 11 is 0. The average Bonchev–Trinajstić information content (AvgIpc) is 2.73. The first-order valence-electron chi connectivity index (χ1n) is 12.0. The second kappa shape index (κ2) is 9.26. The molecule has 4 rings (SSSR count). The van der Waals surface area contributed by atoms with E-state index < -0.39 is 0 Å². The van der Waals surface area contributed by atoms with Crippen molar-refractivity contribution in [3.63, 3.8) is 0 Å². The molecule has 0 unspecified atom stereocenters. The first-order valence-corrected chi connectivity index (χ1v) is 12.0. The summed E-state index contributed by atoms with van der Waals surface area (Å²) in [5.41, 5.74) is 3.27. The smallest absolute Gasteiger partial charge is 0.226 e. The van der Waals surface area contributed by atoms with Crippen LogP contribution in [-0.4, -0.2) is 44.9 Å². The summed E-state index contributed by atoms with van der Waals surface area (Å²) in [7, 11) is 0. The summed E-state index contributed by atoms with van der Waals surface area (Å²) in [6.07, 6.45) is 7.50. The highest BCUT2D eigenvalue weighted by molar-refractivity contribution is 5.79. The fraction of sp³-hybridized carbons (Fsp3) is 0.519. The van der Waals surface area contributed by atoms with E-state index in [4.69, 9.17) is 4.98 Å². The maximum absolute atomic E-state index is 13.2. The number of hydrogen-bond acceptors (Lipinski definition) is 5. The van der Waals surface area contributed by atoms with Gasteiger partial charge in [0, 0.05) is 48.4 Å². The molecule has 0 bridgehead atoms. The third-order valence-electron chi connectivity index (χ3n) is 6.49. The molecule has 2 aromatic heterocycles. The van der Waals surface area contributed by atoms with Gasteiger partial charge < -0.3 is 15.5 Å². The van der Waals surface area contributed by atoms with Crippen molar-refractivity contribution < 1.29 is 4.79 Å². The summed E-state index contributed by atoms with van der Waals surface area (Å²) in [5.74, 6) is 2.10. The van der Waals surface area contributed by atoms with Crippen LogP contribution < -0.4 is 10.6 Å². The second-order valence-corrected chi connectivity index (χ2v) is 10.8. The maximum atomic E-state index is 13.2. The van der Waals surface area contributed by atoms with Gasteiger partial charge in [0.05, 0.1) is 0 Å². The van der Waals surface area contributed by atoms with Gasteiger partial charge in [0.25, 0.3) is 0 Å². The highest BCUT2D eigenvalue weighted by Gasteiger charge is 2.34. The van der Waals surface area contributed by atoms with E-state index in [0.29, 0.717) is 6.42 Å². The third-order valence-corrected chi connectivity index (χ3v) is 6.49. The lowest BCUT2D eigenvalue weighted by Gasteiger charge is -2.41. The van der Waals surface area contributed by atoms with Crippen LogP contribution in [0.4, 0.5) is 11.6 Å². The van der Waals surface area contributed by atoms with Crippen LogP contribution in [0, 0.1) is 6.92 Å². The Balaban J connectivity index is 1.43. The van der Waals surface area contributed by atoms with Gasteiger partial charge in [0.15, 0.2) is 0 Å². The van der Waals surface area contributed by atoms with Gasteiger partial charge in [-0.2, -0.15) is 0 Å². The Morgan fingerprint density at radius 1 is 1.21 bits per heavy atom. The number of likely N-dealkylation sites (tertiary alicyclic amines) is 1. The van der Waals surface area contributed by atoms with Gasteiger partial charge in [-0.3, -0.25) is 4.79 Å². The van der Waals surface area contributed by atoms with E-state index in [9.17, 15) is 4.79 Å². The molecule has 1 amide bonds. The first-order chi connectivity index (χ1) is 15.6. The van der Waals surface area contributed by atoms with Crippen LogP contribution in [0.2, 0.25) is 0 Å². The Bertz CT molecular complexity index is 1040. The molecular weight excluding hydrogens is 410 g/mol. The quantitative estimate of drug-likeness (QED) is 0.624. The molecule has 0 saturated carbocycles. The molecule has 2 aliphatic heterocycles. The fourth-order valence-corrected chi connectivity index (χ4v) is 5.43. The number of hydrogen-bond donors (Lipinski definition) is 2. The molecule has 4 heterocycles. The molecule has 0 radical (unpaired) electrons. The van der Waals surface area contributed by atoms with E-state index in [1.54, 1.807) is 6.20 Å². The molecule has 33 heavy (non-hydrogen) atoms. The predicted molar refractivity (Wildman–Crippen MR) is 134 cm³/mol. The van der Waals surface area contributed by atoms with E-state index in [1.165, 1.54) is 5.57 Å². The molecule has 2 aromatic rings. The monoisotopic (exact) mass is 447 g/mol. The Kier molecular flexibility index (Phi) is 6.57. The van der Waals surface area contributed by atoms with E-state index in [1.807, 2.05) is 36.1 Å². The Hall–Kier alpha value is -2.73. The van der Waals surface area contributed by atoms with Crippen LogP contribution in [-0.2, 0) is 4.79 Å². The van der Waals surface area contributed by atoms with Crippen molar-refractivity contribution in [2.45, 2.75) is 77.3 Å². The van der Waals surface area contributed by atoms with Crippen LogP contribution in [0.1, 0.15) is 70.6 Å². The number of rotatable bonds is 5. The Morgan fingerprint density at radius 2 is 2.03 bits per heavy atom. The second-order valence-electron chi connectivity index (χ2n) is 10.8. The normalized spacial score (nSPS) is 21.9. The van der Waals surface area contributed by atoms with Crippen LogP contribution in [0.15, 0.2) is 48.2 Å².